The molecule has 3 aliphatic rings. The van der Waals surface area contributed by atoms with Crippen LogP contribution in [0.3, 0.4) is 0 Å². The number of aliphatic imine (C=N–C) groups is 2. The summed E-state index contributed by atoms with van der Waals surface area (Å²) in [5.41, 5.74) is 3.86. The Bertz CT molecular complexity index is 1450. The highest BCUT2D eigenvalue weighted by atomic mass is 35.5. The van der Waals surface area contributed by atoms with Gasteiger partial charge in [0.1, 0.15) is 11.9 Å². The van der Waals surface area contributed by atoms with Crippen molar-refractivity contribution in [3.63, 3.8) is 0 Å². The molecule has 39 heavy (non-hydrogen) atoms. The number of hydrogen-bond donors (Lipinski definition) is 0. The number of halogens is 1. The summed E-state index contributed by atoms with van der Waals surface area (Å²) in [6, 6.07) is 25.1. The average Bonchev–Trinajstić information content (AvgIpc) is 3.31. The lowest BCUT2D eigenvalue weighted by atomic mass is 10.1. The van der Waals surface area contributed by atoms with Crippen LogP contribution in [0.2, 0.25) is 5.02 Å². The maximum atomic E-state index is 13.6. The van der Waals surface area contributed by atoms with E-state index in [9.17, 15) is 9.59 Å². The Morgan fingerprint density at radius 1 is 0.949 bits per heavy atom. The van der Waals surface area contributed by atoms with E-state index in [0.29, 0.717) is 41.3 Å². The van der Waals surface area contributed by atoms with Crippen molar-refractivity contribution in [3.05, 3.63) is 95.0 Å². The van der Waals surface area contributed by atoms with Gasteiger partial charge in [-0.05, 0) is 48.4 Å². The predicted octanol–water partition coefficient (Wildman–Crippen LogP) is 5.36. The Kier molecular flexibility index (Phi) is 7.39. The number of carbonyl (C=O) groups is 2. The van der Waals surface area contributed by atoms with E-state index in [2.05, 4.69) is 17.0 Å². The first-order valence-electron chi connectivity index (χ1n) is 13.1. The van der Waals surface area contributed by atoms with Crippen LogP contribution in [0.1, 0.15) is 24.0 Å². The second kappa shape index (κ2) is 11.2. The number of amidine groups is 2. The number of carbonyl (C=O) groups excluding carboxylic acids is 2. The average molecular weight is 558 g/mol. The van der Waals surface area contributed by atoms with Gasteiger partial charge in [0.2, 0.25) is 5.91 Å². The summed E-state index contributed by atoms with van der Waals surface area (Å²) in [5.74, 6) is 1.19. The predicted molar refractivity (Wildman–Crippen MR) is 158 cm³/mol. The molecule has 0 unspecified atom stereocenters. The third-order valence-corrected chi connectivity index (χ3v) is 8.43. The van der Waals surface area contributed by atoms with Gasteiger partial charge in [0.05, 0.1) is 5.69 Å². The van der Waals surface area contributed by atoms with E-state index in [1.807, 2.05) is 71.6 Å². The summed E-state index contributed by atoms with van der Waals surface area (Å²) in [6.45, 7) is 2.96. The van der Waals surface area contributed by atoms with Crippen LogP contribution in [-0.2, 0) is 15.3 Å². The molecule has 0 N–H and O–H groups in total. The molecule has 7 nitrogen and oxygen atoms in total. The number of thioether (sulfide) groups is 1. The van der Waals surface area contributed by atoms with Crippen LogP contribution in [-0.4, -0.2) is 64.8 Å². The van der Waals surface area contributed by atoms with E-state index in [0.717, 1.165) is 29.9 Å². The van der Waals surface area contributed by atoms with Crippen LogP contribution in [0.5, 0.6) is 0 Å². The van der Waals surface area contributed by atoms with Gasteiger partial charge in [0.25, 0.3) is 5.91 Å². The minimum atomic E-state index is -0.599. The number of para-hydroxylation sites is 2. The second-order valence-corrected chi connectivity index (χ2v) is 11.1. The standard InChI is InChI=1S/C30H28ClN5O2S/c31-22-8-6-7-21(19-22)20-39-30-33-25-12-5-4-11-24(25)28-32-26(29(38)36(28)30)13-14-27(37)35-17-15-34(16-18-35)23-9-2-1-3-10-23/h1-12,19,26H,13-18,20H2/t26-/m1/s1. The number of anilines is 1. The molecule has 3 aliphatic heterocycles. The van der Waals surface area contributed by atoms with E-state index >= 15 is 0 Å². The van der Waals surface area contributed by atoms with Crippen LogP contribution in [0.4, 0.5) is 11.4 Å². The van der Waals surface area contributed by atoms with Gasteiger partial charge in [-0.2, -0.15) is 0 Å². The van der Waals surface area contributed by atoms with Gasteiger partial charge in [0.15, 0.2) is 5.17 Å². The van der Waals surface area contributed by atoms with Gasteiger partial charge in [-0.25, -0.2) is 9.89 Å². The zero-order chi connectivity index (χ0) is 26.8. The zero-order valence-electron chi connectivity index (χ0n) is 21.4. The summed E-state index contributed by atoms with van der Waals surface area (Å²) >= 11 is 7.65. The minimum Gasteiger partial charge on any atom is -0.368 e. The third-order valence-electron chi connectivity index (χ3n) is 7.19. The molecular weight excluding hydrogens is 530 g/mol. The molecule has 0 aliphatic carbocycles. The highest BCUT2D eigenvalue weighted by molar-refractivity contribution is 8.13. The molecule has 1 fully saturated rings. The Hall–Kier alpha value is -3.62. The fourth-order valence-electron chi connectivity index (χ4n) is 5.13. The first-order valence-corrected chi connectivity index (χ1v) is 14.5. The highest BCUT2D eigenvalue weighted by Crippen LogP contribution is 2.35. The van der Waals surface area contributed by atoms with Crippen molar-refractivity contribution in [2.45, 2.75) is 24.6 Å². The monoisotopic (exact) mass is 557 g/mol. The molecule has 198 valence electrons. The SMILES string of the molecule is O=C(CC[C@H]1N=C2c3ccccc3N=C(SCc3cccc(Cl)c3)N2C1=O)N1CCN(c2ccccc2)CC1. The number of nitrogens with zero attached hydrogens (tertiary/aromatic N) is 5. The molecule has 2 amide bonds. The maximum Gasteiger partial charge on any atom is 0.259 e. The number of rotatable bonds is 6. The summed E-state index contributed by atoms with van der Waals surface area (Å²) in [6.07, 6.45) is 0.668. The van der Waals surface area contributed by atoms with Gasteiger partial charge in [-0.1, -0.05) is 65.8 Å². The quantitative estimate of drug-likeness (QED) is 0.409. The Labute approximate surface area is 237 Å². The molecule has 9 heteroatoms. The van der Waals surface area contributed by atoms with Gasteiger partial charge in [-0.15, -0.1) is 0 Å². The highest BCUT2D eigenvalue weighted by Gasteiger charge is 2.41. The number of hydrogen-bond acceptors (Lipinski definition) is 6. The normalized spacial score (nSPS) is 18.4. The topological polar surface area (TPSA) is 68.6 Å². The van der Waals surface area contributed by atoms with Crippen molar-refractivity contribution in [2.24, 2.45) is 9.98 Å². The van der Waals surface area contributed by atoms with Crippen LogP contribution >= 0.6 is 23.4 Å². The first kappa shape index (κ1) is 25.6. The van der Waals surface area contributed by atoms with Crippen molar-refractivity contribution < 1.29 is 9.59 Å². The smallest absolute Gasteiger partial charge is 0.259 e. The van der Waals surface area contributed by atoms with Crippen molar-refractivity contribution in [1.82, 2.24) is 9.80 Å². The summed E-state index contributed by atoms with van der Waals surface area (Å²) in [7, 11) is 0. The lowest BCUT2D eigenvalue weighted by molar-refractivity contribution is -0.131. The maximum absolute atomic E-state index is 13.6. The minimum absolute atomic E-state index is 0.0743. The number of piperazine rings is 1. The van der Waals surface area contributed by atoms with Crippen molar-refractivity contribution in [2.75, 3.05) is 31.1 Å². The Balaban J connectivity index is 1.11. The molecule has 0 spiro atoms. The molecule has 1 saturated heterocycles. The fourth-order valence-corrected chi connectivity index (χ4v) is 6.29. The van der Waals surface area contributed by atoms with Gasteiger partial charge in [0, 0.05) is 54.6 Å². The van der Waals surface area contributed by atoms with E-state index in [1.54, 1.807) is 4.90 Å². The molecule has 0 radical (unpaired) electrons. The second-order valence-electron chi connectivity index (χ2n) is 9.71. The molecular formula is C30H28ClN5O2S. The Morgan fingerprint density at radius 2 is 1.72 bits per heavy atom. The van der Waals surface area contributed by atoms with Crippen LogP contribution in [0.15, 0.2) is 88.8 Å². The van der Waals surface area contributed by atoms with Gasteiger partial charge in [-0.3, -0.25) is 14.6 Å². The van der Waals surface area contributed by atoms with Crippen LogP contribution < -0.4 is 4.90 Å². The number of benzene rings is 3. The van der Waals surface area contributed by atoms with Gasteiger partial charge < -0.3 is 9.80 Å². The molecule has 6 rings (SSSR count). The van der Waals surface area contributed by atoms with Crippen molar-refractivity contribution >= 4 is 57.6 Å². The zero-order valence-corrected chi connectivity index (χ0v) is 22.9. The van der Waals surface area contributed by atoms with Gasteiger partial charge >= 0.3 is 0 Å². The summed E-state index contributed by atoms with van der Waals surface area (Å²) < 4.78 is 0. The van der Waals surface area contributed by atoms with Crippen molar-refractivity contribution in [1.29, 1.82) is 0 Å². The molecule has 0 saturated carbocycles. The molecule has 3 aromatic rings. The molecule has 1 atom stereocenters. The lowest BCUT2D eigenvalue weighted by Gasteiger charge is -2.36. The number of fused-ring (bicyclic) bond motifs is 3. The molecule has 0 bridgehead atoms. The van der Waals surface area contributed by atoms with E-state index in [1.165, 1.54) is 17.4 Å². The van der Waals surface area contributed by atoms with E-state index in [-0.39, 0.29) is 18.2 Å². The first-order chi connectivity index (χ1) is 19.1. The number of amides is 2. The molecule has 3 aromatic carbocycles. The largest absolute Gasteiger partial charge is 0.368 e. The summed E-state index contributed by atoms with van der Waals surface area (Å²) in [4.78, 5) is 42.1. The molecule has 0 aromatic heterocycles. The summed E-state index contributed by atoms with van der Waals surface area (Å²) in [5, 5.41) is 1.28. The van der Waals surface area contributed by atoms with E-state index < -0.39 is 6.04 Å². The van der Waals surface area contributed by atoms with Crippen LogP contribution in [0, 0.1) is 0 Å². The Morgan fingerprint density at radius 3 is 2.51 bits per heavy atom. The lowest BCUT2D eigenvalue weighted by Crippen LogP contribution is -2.49. The van der Waals surface area contributed by atoms with Crippen molar-refractivity contribution in [3.8, 4) is 0 Å². The fraction of sp³-hybridized carbons (Fsp3) is 0.267. The van der Waals surface area contributed by atoms with E-state index in [4.69, 9.17) is 21.6 Å². The third kappa shape index (κ3) is 5.44. The molecule has 3 heterocycles. The van der Waals surface area contributed by atoms with Crippen LogP contribution in [0.25, 0.3) is 0 Å².